The minimum atomic E-state index is 0.0308. The maximum Gasteiger partial charge on any atom is 0.266 e. The predicted molar refractivity (Wildman–Crippen MR) is 90.5 cm³/mol. The van der Waals surface area contributed by atoms with Gasteiger partial charge in [0.05, 0.1) is 5.69 Å². The highest BCUT2D eigenvalue weighted by molar-refractivity contribution is 5.12. The normalized spacial score (nSPS) is 19.5. The molecule has 1 aliphatic heterocycles. The van der Waals surface area contributed by atoms with Crippen LogP contribution in [0.5, 0.6) is 0 Å². The highest BCUT2D eigenvalue weighted by atomic mass is 16.1. The fourth-order valence-electron chi connectivity index (χ4n) is 3.43. The Morgan fingerprint density at radius 2 is 1.79 bits per heavy atom. The van der Waals surface area contributed by atoms with Crippen LogP contribution in [-0.4, -0.2) is 37.7 Å². The Bertz CT molecular complexity index is 733. The highest BCUT2D eigenvalue weighted by Gasteiger charge is 2.26. The fraction of sp³-hybridized carbons (Fsp3) is 0.556. The minimum Gasteiger partial charge on any atom is -0.299 e. The van der Waals surface area contributed by atoms with Gasteiger partial charge in [-0.05, 0) is 50.8 Å². The summed E-state index contributed by atoms with van der Waals surface area (Å²) in [6.07, 6.45) is 9.97. The summed E-state index contributed by atoms with van der Waals surface area (Å²) in [5.41, 5.74) is 2.28. The van der Waals surface area contributed by atoms with Crippen molar-refractivity contribution in [3.8, 4) is 0 Å². The zero-order chi connectivity index (χ0) is 16.4. The summed E-state index contributed by atoms with van der Waals surface area (Å²) < 4.78 is 1.69. The molecule has 6 heteroatoms. The van der Waals surface area contributed by atoms with Gasteiger partial charge in [-0.1, -0.05) is 0 Å². The van der Waals surface area contributed by atoms with Crippen LogP contribution >= 0.6 is 0 Å². The van der Waals surface area contributed by atoms with E-state index in [-0.39, 0.29) is 5.56 Å². The number of rotatable bonds is 5. The molecule has 0 aromatic carbocycles. The molecular weight excluding hydrogens is 302 g/mol. The Balaban J connectivity index is 1.33. The van der Waals surface area contributed by atoms with E-state index >= 15 is 0 Å². The molecule has 2 fully saturated rings. The summed E-state index contributed by atoms with van der Waals surface area (Å²) in [6.45, 7) is 3.76. The van der Waals surface area contributed by atoms with E-state index in [9.17, 15) is 4.79 Å². The van der Waals surface area contributed by atoms with Gasteiger partial charge in [-0.25, -0.2) is 14.6 Å². The van der Waals surface area contributed by atoms with Crippen LogP contribution in [0.15, 0.2) is 35.6 Å². The van der Waals surface area contributed by atoms with Crippen molar-refractivity contribution >= 4 is 0 Å². The molecule has 0 N–H and O–H groups in total. The van der Waals surface area contributed by atoms with Crippen molar-refractivity contribution in [1.82, 2.24) is 24.6 Å². The first-order chi connectivity index (χ1) is 11.8. The molecule has 3 heterocycles. The Hall–Kier alpha value is -2.08. The maximum atomic E-state index is 12.1. The van der Waals surface area contributed by atoms with Crippen molar-refractivity contribution in [2.75, 3.05) is 13.1 Å². The van der Waals surface area contributed by atoms with Gasteiger partial charge in [-0.3, -0.25) is 9.69 Å². The van der Waals surface area contributed by atoms with Crippen LogP contribution in [0.3, 0.4) is 0 Å². The molecule has 126 valence electrons. The Labute approximate surface area is 141 Å². The molecule has 2 aromatic rings. The Morgan fingerprint density at radius 1 is 1.04 bits per heavy atom. The van der Waals surface area contributed by atoms with E-state index in [1.165, 1.54) is 12.8 Å². The van der Waals surface area contributed by atoms with Gasteiger partial charge in [0.1, 0.15) is 6.33 Å². The molecule has 0 bridgehead atoms. The van der Waals surface area contributed by atoms with Gasteiger partial charge in [-0.2, -0.15) is 5.10 Å². The molecule has 1 saturated carbocycles. The van der Waals surface area contributed by atoms with Crippen LogP contribution in [0.25, 0.3) is 0 Å². The van der Waals surface area contributed by atoms with Crippen molar-refractivity contribution in [2.24, 2.45) is 5.92 Å². The molecule has 24 heavy (non-hydrogen) atoms. The molecule has 4 rings (SSSR count). The molecule has 0 atom stereocenters. The lowest BCUT2D eigenvalue weighted by Crippen LogP contribution is -2.36. The third-order valence-electron chi connectivity index (χ3n) is 5.04. The number of likely N-dealkylation sites (tertiary alicyclic amines) is 1. The van der Waals surface area contributed by atoms with Gasteiger partial charge in [0.25, 0.3) is 5.56 Å². The van der Waals surface area contributed by atoms with Crippen LogP contribution in [-0.2, 0) is 13.1 Å². The number of nitrogens with zero attached hydrogens (tertiary/aromatic N) is 5. The summed E-state index contributed by atoms with van der Waals surface area (Å²) in [4.78, 5) is 22.7. The number of aromatic nitrogens is 4. The second kappa shape index (κ2) is 6.81. The molecule has 1 saturated heterocycles. The fourth-order valence-corrected chi connectivity index (χ4v) is 3.43. The summed E-state index contributed by atoms with van der Waals surface area (Å²) in [6, 6.07) is 3.59. The van der Waals surface area contributed by atoms with Crippen molar-refractivity contribution in [1.29, 1.82) is 0 Å². The molecule has 0 amide bonds. The topological polar surface area (TPSA) is 63.9 Å². The van der Waals surface area contributed by atoms with Gasteiger partial charge >= 0.3 is 0 Å². The third-order valence-corrected chi connectivity index (χ3v) is 5.04. The van der Waals surface area contributed by atoms with Gasteiger partial charge in [-0.15, -0.1) is 0 Å². The number of piperidine rings is 1. The number of hydrogen-bond acceptors (Lipinski definition) is 5. The third kappa shape index (κ3) is 3.70. The van der Waals surface area contributed by atoms with Crippen LogP contribution in [0, 0.1) is 5.92 Å². The molecule has 6 nitrogen and oxygen atoms in total. The zero-order valence-electron chi connectivity index (χ0n) is 13.8. The molecule has 0 unspecified atom stereocenters. The molecule has 0 spiro atoms. The minimum absolute atomic E-state index is 0.0308. The number of hydrogen-bond donors (Lipinski definition) is 0. The molecule has 2 aromatic heterocycles. The van der Waals surface area contributed by atoms with Gasteiger partial charge in [0.15, 0.2) is 0 Å². The lowest BCUT2D eigenvalue weighted by molar-refractivity contribution is 0.163. The van der Waals surface area contributed by atoms with Crippen molar-refractivity contribution in [3.05, 3.63) is 52.5 Å². The van der Waals surface area contributed by atoms with Gasteiger partial charge in [0, 0.05) is 43.0 Å². The van der Waals surface area contributed by atoms with E-state index < -0.39 is 0 Å². The van der Waals surface area contributed by atoms with E-state index in [0.29, 0.717) is 11.8 Å². The van der Waals surface area contributed by atoms with Crippen LogP contribution in [0.2, 0.25) is 0 Å². The van der Waals surface area contributed by atoms with E-state index in [4.69, 9.17) is 0 Å². The first kappa shape index (κ1) is 15.4. The van der Waals surface area contributed by atoms with Crippen molar-refractivity contribution in [2.45, 2.75) is 44.7 Å². The molecular formula is C18H23N5O. The smallest absolute Gasteiger partial charge is 0.266 e. The quantitative estimate of drug-likeness (QED) is 0.839. The molecule has 1 aliphatic carbocycles. The van der Waals surface area contributed by atoms with Crippen molar-refractivity contribution < 1.29 is 0 Å². The second-order valence-corrected chi connectivity index (χ2v) is 7.02. The predicted octanol–water partition coefficient (Wildman–Crippen LogP) is 1.82. The summed E-state index contributed by atoms with van der Waals surface area (Å²) in [5, 5.41) is 4.59. The zero-order valence-corrected chi connectivity index (χ0v) is 13.8. The second-order valence-electron chi connectivity index (χ2n) is 7.02. The lowest BCUT2D eigenvalue weighted by atomic mass is 9.96. The van der Waals surface area contributed by atoms with Crippen LogP contribution in [0.4, 0.5) is 0 Å². The lowest BCUT2D eigenvalue weighted by Gasteiger charge is -2.31. The largest absolute Gasteiger partial charge is 0.299 e. The van der Waals surface area contributed by atoms with Crippen LogP contribution < -0.4 is 5.56 Å². The average Bonchev–Trinajstić information content (AvgIpc) is 3.45. The molecule has 2 aliphatic rings. The van der Waals surface area contributed by atoms with E-state index in [2.05, 4.69) is 20.0 Å². The van der Waals surface area contributed by atoms with Crippen LogP contribution in [0.1, 0.15) is 42.9 Å². The van der Waals surface area contributed by atoms with Gasteiger partial charge in [0.2, 0.25) is 0 Å². The summed E-state index contributed by atoms with van der Waals surface area (Å²) in [5.74, 6) is 1.12. The summed E-state index contributed by atoms with van der Waals surface area (Å²) >= 11 is 0. The standard InChI is InChI=1S/C18H23N5O/c24-18-4-3-17(16-1-2-16)21-23(18)12-14-5-7-22(8-6-14)11-15-9-19-13-20-10-15/h3-4,9-10,13-14,16H,1-2,5-8,11-12H2. The monoisotopic (exact) mass is 325 g/mol. The first-order valence-electron chi connectivity index (χ1n) is 8.82. The highest BCUT2D eigenvalue weighted by Crippen LogP contribution is 2.38. The summed E-state index contributed by atoms with van der Waals surface area (Å²) in [7, 11) is 0. The van der Waals surface area contributed by atoms with Gasteiger partial charge < -0.3 is 0 Å². The Morgan fingerprint density at radius 3 is 2.50 bits per heavy atom. The SMILES string of the molecule is O=c1ccc(C2CC2)nn1CC1CCN(Cc2cncnc2)CC1. The Kier molecular flexibility index (Phi) is 4.38. The average molecular weight is 325 g/mol. The maximum absolute atomic E-state index is 12.1. The van der Waals surface area contributed by atoms with E-state index in [0.717, 1.165) is 50.3 Å². The first-order valence-corrected chi connectivity index (χ1v) is 8.82. The molecule has 0 radical (unpaired) electrons. The van der Waals surface area contributed by atoms with Crippen molar-refractivity contribution in [3.63, 3.8) is 0 Å². The van der Waals surface area contributed by atoms with E-state index in [1.54, 1.807) is 17.1 Å². The van der Waals surface area contributed by atoms with E-state index in [1.807, 2.05) is 18.5 Å².